The zero-order valence-corrected chi connectivity index (χ0v) is 22.9. The van der Waals surface area contributed by atoms with Crippen LogP contribution in [0.4, 0.5) is 0 Å². The lowest BCUT2D eigenvalue weighted by Gasteiger charge is -2.25. The quantitative estimate of drug-likeness (QED) is 0.375. The molecular formula is C28H34N2O3S2. The molecule has 3 aromatic rings. The largest absolute Gasteiger partial charge is 0.348 e. The minimum absolute atomic E-state index is 0.111. The Balaban J connectivity index is 1.89. The molecule has 1 amide bonds. The number of rotatable bonds is 9. The molecule has 0 aliphatic rings. The van der Waals surface area contributed by atoms with Gasteiger partial charge in [-0.05, 0) is 75.3 Å². The number of hydrogen-bond acceptors (Lipinski definition) is 4. The predicted molar refractivity (Wildman–Crippen MR) is 144 cm³/mol. The number of nitrogens with zero attached hydrogens (tertiary/aromatic N) is 1. The van der Waals surface area contributed by atoms with Crippen molar-refractivity contribution in [3.05, 3.63) is 94.0 Å². The van der Waals surface area contributed by atoms with Gasteiger partial charge in [0, 0.05) is 11.4 Å². The van der Waals surface area contributed by atoms with Crippen molar-refractivity contribution in [2.75, 3.05) is 12.8 Å². The third kappa shape index (κ3) is 6.75. The molecule has 1 atom stereocenters. The number of nitrogens with one attached hydrogen (secondary N) is 1. The second-order valence-electron chi connectivity index (χ2n) is 9.05. The fourth-order valence-corrected chi connectivity index (χ4v) is 6.45. The number of amides is 1. The molecule has 0 aromatic heterocycles. The first-order chi connectivity index (χ1) is 16.5. The van der Waals surface area contributed by atoms with Crippen molar-refractivity contribution in [2.24, 2.45) is 0 Å². The van der Waals surface area contributed by atoms with Gasteiger partial charge in [0.15, 0.2) is 0 Å². The summed E-state index contributed by atoms with van der Waals surface area (Å²) in [5, 5.41) is 2.97. The van der Waals surface area contributed by atoms with Crippen LogP contribution in [-0.2, 0) is 21.4 Å². The lowest BCUT2D eigenvalue weighted by atomic mass is 10.1. The van der Waals surface area contributed by atoms with E-state index in [1.165, 1.54) is 4.31 Å². The number of hydrogen-bond donors (Lipinski definition) is 1. The zero-order valence-electron chi connectivity index (χ0n) is 21.3. The fraction of sp³-hybridized carbons (Fsp3) is 0.321. The van der Waals surface area contributed by atoms with Crippen LogP contribution in [0.5, 0.6) is 0 Å². The second-order valence-corrected chi connectivity index (χ2v) is 11.8. The van der Waals surface area contributed by atoms with E-state index < -0.39 is 10.0 Å². The van der Waals surface area contributed by atoms with E-state index in [1.54, 1.807) is 25.6 Å². The van der Waals surface area contributed by atoms with Crippen LogP contribution in [0.15, 0.2) is 70.5 Å². The molecule has 3 rings (SSSR count). The Bertz CT molecular complexity index is 1260. The first kappa shape index (κ1) is 27.0. The van der Waals surface area contributed by atoms with Crippen LogP contribution in [0.3, 0.4) is 0 Å². The van der Waals surface area contributed by atoms with Gasteiger partial charge in [-0.2, -0.15) is 4.31 Å². The predicted octanol–water partition coefficient (Wildman–Crippen LogP) is 5.71. The van der Waals surface area contributed by atoms with Crippen LogP contribution in [0, 0.1) is 27.7 Å². The van der Waals surface area contributed by atoms with Crippen LogP contribution in [0.25, 0.3) is 0 Å². The van der Waals surface area contributed by atoms with Gasteiger partial charge >= 0.3 is 0 Å². The molecule has 3 aromatic carbocycles. The molecule has 0 spiro atoms. The summed E-state index contributed by atoms with van der Waals surface area (Å²) in [5.74, 6) is -0.343. The highest BCUT2D eigenvalue weighted by molar-refractivity contribution is 7.98. The minimum Gasteiger partial charge on any atom is -0.348 e. The molecule has 0 aliphatic carbocycles. The van der Waals surface area contributed by atoms with E-state index in [0.29, 0.717) is 11.1 Å². The molecular weight excluding hydrogens is 476 g/mol. The molecule has 5 nitrogen and oxygen atoms in total. The van der Waals surface area contributed by atoms with E-state index in [2.05, 4.69) is 5.32 Å². The first-order valence-electron chi connectivity index (χ1n) is 11.6. The zero-order chi connectivity index (χ0) is 25.8. The standard InChI is InChI=1S/C28H34N2O3S2/c1-19-7-9-24(10-8-19)17-30(35(32,33)28-21(3)15-20(2)16-22(28)4)18-27(31)29-23(5)25-11-13-26(34-6)14-12-25/h7-16,23H,17-18H2,1-6H3,(H,29,31)/t23-/m0/s1. The maximum Gasteiger partial charge on any atom is 0.244 e. The Labute approximate surface area is 214 Å². The average molecular weight is 511 g/mol. The Morgan fingerprint density at radius 2 is 1.49 bits per heavy atom. The summed E-state index contributed by atoms with van der Waals surface area (Å²) in [6.07, 6.45) is 2.01. The van der Waals surface area contributed by atoms with Gasteiger partial charge in [0.25, 0.3) is 0 Å². The summed E-state index contributed by atoms with van der Waals surface area (Å²) < 4.78 is 29.0. The lowest BCUT2D eigenvalue weighted by Crippen LogP contribution is -2.41. The van der Waals surface area contributed by atoms with Crippen LogP contribution in [0.1, 0.15) is 46.3 Å². The van der Waals surface area contributed by atoms with Gasteiger partial charge in [-0.15, -0.1) is 11.8 Å². The third-order valence-corrected chi connectivity index (χ3v) is 8.84. The van der Waals surface area contributed by atoms with Crippen LogP contribution in [0.2, 0.25) is 0 Å². The Morgan fingerprint density at radius 3 is 2.03 bits per heavy atom. The molecule has 1 N–H and O–H groups in total. The van der Waals surface area contributed by atoms with E-state index in [4.69, 9.17) is 0 Å². The van der Waals surface area contributed by atoms with Crippen LogP contribution < -0.4 is 5.32 Å². The van der Waals surface area contributed by atoms with E-state index in [0.717, 1.165) is 27.1 Å². The maximum absolute atomic E-state index is 13.9. The van der Waals surface area contributed by atoms with E-state index in [1.807, 2.05) is 87.7 Å². The highest BCUT2D eigenvalue weighted by Crippen LogP contribution is 2.27. The molecule has 0 aliphatic heterocycles. The number of benzene rings is 3. The van der Waals surface area contributed by atoms with E-state index in [9.17, 15) is 13.2 Å². The number of carbonyl (C=O) groups is 1. The Kier molecular flexibility index (Phi) is 8.80. The van der Waals surface area contributed by atoms with Crippen molar-refractivity contribution in [3.63, 3.8) is 0 Å². The van der Waals surface area contributed by atoms with Crippen molar-refractivity contribution in [2.45, 2.75) is 57.0 Å². The number of aryl methyl sites for hydroxylation is 4. The normalized spacial score (nSPS) is 12.5. The van der Waals surface area contributed by atoms with Gasteiger partial charge in [0.1, 0.15) is 0 Å². The van der Waals surface area contributed by atoms with Crippen LogP contribution >= 0.6 is 11.8 Å². The van der Waals surface area contributed by atoms with Crippen molar-refractivity contribution >= 4 is 27.7 Å². The smallest absolute Gasteiger partial charge is 0.244 e. The number of carbonyl (C=O) groups excluding carboxylic acids is 1. The number of thioether (sulfide) groups is 1. The van der Waals surface area contributed by atoms with Crippen molar-refractivity contribution in [3.8, 4) is 0 Å². The van der Waals surface area contributed by atoms with Gasteiger partial charge in [0.2, 0.25) is 15.9 Å². The summed E-state index contributed by atoms with van der Waals surface area (Å²) in [5.41, 5.74) is 5.25. The van der Waals surface area contributed by atoms with Crippen molar-refractivity contribution in [1.82, 2.24) is 9.62 Å². The SMILES string of the molecule is CSc1ccc([C@H](C)NC(=O)CN(Cc2ccc(C)cc2)S(=O)(=O)c2c(C)cc(C)cc2C)cc1. The molecule has 0 radical (unpaired) electrons. The molecule has 186 valence electrons. The van der Waals surface area contributed by atoms with Gasteiger partial charge in [-0.25, -0.2) is 8.42 Å². The van der Waals surface area contributed by atoms with Gasteiger partial charge in [0.05, 0.1) is 17.5 Å². The van der Waals surface area contributed by atoms with Crippen LogP contribution in [-0.4, -0.2) is 31.4 Å². The monoisotopic (exact) mass is 510 g/mol. The summed E-state index contributed by atoms with van der Waals surface area (Å²) in [6.45, 7) is 9.28. The molecule has 0 saturated carbocycles. The van der Waals surface area contributed by atoms with Gasteiger partial charge in [-0.1, -0.05) is 59.7 Å². The highest BCUT2D eigenvalue weighted by Gasteiger charge is 2.30. The Hall–Kier alpha value is -2.61. The van der Waals surface area contributed by atoms with Crippen molar-refractivity contribution < 1.29 is 13.2 Å². The molecule has 0 fully saturated rings. The average Bonchev–Trinajstić information content (AvgIpc) is 2.79. The minimum atomic E-state index is -3.92. The van der Waals surface area contributed by atoms with Crippen molar-refractivity contribution in [1.29, 1.82) is 0 Å². The summed E-state index contributed by atoms with van der Waals surface area (Å²) in [6, 6.07) is 19.2. The molecule has 35 heavy (non-hydrogen) atoms. The van der Waals surface area contributed by atoms with Gasteiger partial charge in [-0.3, -0.25) is 4.79 Å². The van der Waals surface area contributed by atoms with Gasteiger partial charge < -0.3 is 5.32 Å². The third-order valence-electron chi connectivity index (χ3n) is 6.00. The molecule has 7 heteroatoms. The van der Waals surface area contributed by atoms with E-state index in [-0.39, 0.29) is 29.9 Å². The fourth-order valence-electron chi connectivity index (χ4n) is 4.25. The number of sulfonamides is 1. The summed E-state index contributed by atoms with van der Waals surface area (Å²) in [7, 11) is -3.92. The summed E-state index contributed by atoms with van der Waals surface area (Å²) in [4.78, 5) is 14.5. The maximum atomic E-state index is 13.9. The molecule has 0 unspecified atom stereocenters. The highest BCUT2D eigenvalue weighted by atomic mass is 32.2. The molecule has 0 saturated heterocycles. The second kappa shape index (κ2) is 11.4. The molecule has 0 bridgehead atoms. The summed E-state index contributed by atoms with van der Waals surface area (Å²) >= 11 is 1.66. The first-order valence-corrected chi connectivity index (χ1v) is 14.2. The molecule has 0 heterocycles. The Morgan fingerprint density at radius 1 is 0.914 bits per heavy atom. The van der Waals surface area contributed by atoms with E-state index >= 15 is 0 Å². The topological polar surface area (TPSA) is 66.5 Å². The lowest BCUT2D eigenvalue weighted by molar-refractivity contribution is -0.122.